The maximum Gasteiger partial charge on any atom is 0.226 e. The van der Waals surface area contributed by atoms with E-state index in [1.165, 1.54) is 12.1 Å². The minimum atomic E-state index is -0.470. The lowest BCUT2D eigenvalue weighted by Crippen LogP contribution is -2.32. The molecule has 2 aromatic carbocycles. The van der Waals surface area contributed by atoms with Crippen molar-refractivity contribution in [1.82, 2.24) is 9.97 Å². The zero-order chi connectivity index (χ0) is 22.3. The molecule has 4 rings (SSSR count). The van der Waals surface area contributed by atoms with Gasteiger partial charge in [0.15, 0.2) is 11.6 Å². The topological polar surface area (TPSA) is 80.5 Å². The highest BCUT2D eigenvalue weighted by molar-refractivity contribution is 5.93. The van der Waals surface area contributed by atoms with Gasteiger partial charge in [-0.2, -0.15) is 0 Å². The third kappa shape index (κ3) is 4.92. The Bertz CT molecular complexity index is 1200. The first kappa shape index (κ1) is 21.5. The standard InChI is InChI=1S/C24H23FN4O3/c1-31-16-14-29(13-12-22(30)26-20-10-5-3-8-18(20)25)24-17-7-2-4-9-19(17)27-23(28-24)21-11-6-15-32-21/h2-11,15H,12-14,16H2,1H3,(H,26,30). The molecule has 2 heterocycles. The number of amides is 1. The average Bonchev–Trinajstić information content (AvgIpc) is 3.35. The van der Waals surface area contributed by atoms with Crippen LogP contribution < -0.4 is 10.2 Å². The van der Waals surface area contributed by atoms with E-state index in [9.17, 15) is 9.18 Å². The van der Waals surface area contributed by atoms with E-state index in [1.54, 1.807) is 37.6 Å². The van der Waals surface area contributed by atoms with Gasteiger partial charge in [0.2, 0.25) is 5.91 Å². The van der Waals surface area contributed by atoms with E-state index in [0.29, 0.717) is 37.1 Å². The Balaban J connectivity index is 1.61. The largest absolute Gasteiger partial charge is 0.461 e. The quantitative estimate of drug-likeness (QED) is 0.418. The molecule has 0 aliphatic rings. The van der Waals surface area contributed by atoms with Crippen LogP contribution in [0.5, 0.6) is 0 Å². The molecule has 0 saturated carbocycles. The molecule has 0 aliphatic carbocycles. The van der Waals surface area contributed by atoms with E-state index in [2.05, 4.69) is 10.3 Å². The first-order chi connectivity index (χ1) is 15.7. The SMILES string of the molecule is COCCN(CCC(=O)Nc1ccccc1F)c1nc(-c2ccco2)nc2ccccc12. The number of anilines is 2. The van der Waals surface area contributed by atoms with E-state index >= 15 is 0 Å². The number of furan rings is 1. The first-order valence-electron chi connectivity index (χ1n) is 10.2. The molecule has 0 fully saturated rings. The van der Waals surface area contributed by atoms with E-state index in [-0.39, 0.29) is 18.0 Å². The number of carbonyl (C=O) groups excluding carboxylic acids is 1. The van der Waals surface area contributed by atoms with Gasteiger partial charge in [-0.25, -0.2) is 14.4 Å². The van der Waals surface area contributed by atoms with Gasteiger partial charge in [-0.15, -0.1) is 0 Å². The number of hydrogen-bond donors (Lipinski definition) is 1. The van der Waals surface area contributed by atoms with Crippen molar-refractivity contribution in [3.05, 3.63) is 72.7 Å². The van der Waals surface area contributed by atoms with E-state index < -0.39 is 5.82 Å². The van der Waals surface area contributed by atoms with Gasteiger partial charge < -0.3 is 19.4 Å². The third-order valence-electron chi connectivity index (χ3n) is 4.95. The number of methoxy groups -OCH3 is 1. The minimum absolute atomic E-state index is 0.145. The van der Waals surface area contributed by atoms with Crippen molar-refractivity contribution < 1.29 is 18.3 Å². The fourth-order valence-corrected chi connectivity index (χ4v) is 3.35. The molecular formula is C24H23FN4O3. The Kier molecular flexibility index (Phi) is 6.72. The summed E-state index contributed by atoms with van der Waals surface area (Å²) in [4.78, 5) is 23.8. The van der Waals surface area contributed by atoms with Crippen LogP contribution in [-0.4, -0.2) is 42.7 Å². The van der Waals surface area contributed by atoms with Crippen molar-refractivity contribution in [1.29, 1.82) is 0 Å². The number of ether oxygens (including phenoxy) is 1. The smallest absolute Gasteiger partial charge is 0.226 e. The molecule has 0 spiro atoms. The van der Waals surface area contributed by atoms with Crippen LogP contribution in [0.15, 0.2) is 71.3 Å². The summed E-state index contributed by atoms with van der Waals surface area (Å²) < 4.78 is 24.6. The van der Waals surface area contributed by atoms with Crippen molar-refractivity contribution in [2.45, 2.75) is 6.42 Å². The highest BCUT2D eigenvalue weighted by Gasteiger charge is 2.18. The molecule has 0 aliphatic heterocycles. The van der Waals surface area contributed by atoms with Crippen LogP contribution in [-0.2, 0) is 9.53 Å². The summed E-state index contributed by atoms with van der Waals surface area (Å²) in [7, 11) is 1.62. The van der Waals surface area contributed by atoms with Crippen LogP contribution in [0.25, 0.3) is 22.5 Å². The summed E-state index contributed by atoms with van der Waals surface area (Å²) in [5.74, 6) is 0.935. The Morgan fingerprint density at radius 2 is 1.88 bits per heavy atom. The maximum absolute atomic E-state index is 13.9. The number of benzene rings is 2. The second kappa shape index (κ2) is 10.0. The van der Waals surface area contributed by atoms with Crippen LogP contribution >= 0.6 is 0 Å². The van der Waals surface area contributed by atoms with Gasteiger partial charge in [0, 0.05) is 32.0 Å². The van der Waals surface area contributed by atoms with Crippen molar-refractivity contribution >= 4 is 28.3 Å². The highest BCUT2D eigenvalue weighted by Crippen LogP contribution is 2.28. The molecule has 2 aromatic heterocycles. The fourth-order valence-electron chi connectivity index (χ4n) is 3.35. The number of rotatable bonds is 9. The van der Waals surface area contributed by atoms with Crippen molar-refractivity contribution in [2.24, 2.45) is 0 Å². The molecule has 0 radical (unpaired) electrons. The summed E-state index contributed by atoms with van der Waals surface area (Å²) in [6.45, 7) is 1.33. The first-order valence-corrected chi connectivity index (χ1v) is 10.2. The fraction of sp³-hybridized carbons (Fsp3) is 0.208. The normalized spacial score (nSPS) is 10.9. The lowest BCUT2D eigenvalue weighted by atomic mass is 10.2. The molecule has 1 N–H and O–H groups in total. The summed E-state index contributed by atoms with van der Waals surface area (Å²) in [6, 6.07) is 17.3. The highest BCUT2D eigenvalue weighted by atomic mass is 19.1. The van der Waals surface area contributed by atoms with Gasteiger partial charge in [-0.1, -0.05) is 24.3 Å². The van der Waals surface area contributed by atoms with E-state index in [1.807, 2.05) is 29.2 Å². The number of nitrogens with one attached hydrogen (secondary N) is 1. The molecule has 4 aromatic rings. The summed E-state index contributed by atoms with van der Waals surface area (Å²) in [6.07, 6.45) is 1.72. The van der Waals surface area contributed by atoms with Gasteiger partial charge in [-0.05, 0) is 36.4 Å². The van der Waals surface area contributed by atoms with Crippen LogP contribution in [0.2, 0.25) is 0 Å². The number of carbonyl (C=O) groups is 1. The number of hydrogen-bond acceptors (Lipinski definition) is 6. The second-order valence-corrected chi connectivity index (χ2v) is 7.12. The zero-order valence-electron chi connectivity index (χ0n) is 17.6. The molecule has 8 heteroatoms. The minimum Gasteiger partial charge on any atom is -0.461 e. The lowest BCUT2D eigenvalue weighted by molar-refractivity contribution is -0.116. The van der Waals surface area contributed by atoms with Crippen LogP contribution in [0, 0.1) is 5.82 Å². The van der Waals surface area contributed by atoms with E-state index in [0.717, 1.165) is 10.9 Å². The summed E-state index contributed by atoms with van der Waals surface area (Å²) in [5, 5.41) is 3.48. The van der Waals surface area contributed by atoms with Crippen molar-refractivity contribution in [3.8, 4) is 11.6 Å². The average molecular weight is 434 g/mol. The zero-order valence-corrected chi connectivity index (χ0v) is 17.6. The number of fused-ring (bicyclic) bond motifs is 1. The molecule has 0 bridgehead atoms. The van der Waals surface area contributed by atoms with Gasteiger partial charge in [0.05, 0.1) is 24.1 Å². The number of para-hydroxylation sites is 2. The van der Waals surface area contributed by atoms with E-state index in [4.69, 9.17) is 14.1 Å². The number of nitrogens with zero attached hydrogens (tertiary/aromatic N) is 3. The molecule has 1 amide bonds. The van der Waals surface area contributed by atoms with Crippen LogP contribution in [0.3, 0.4) is 0 Å². The summed E-state index contributed by atoms with van der Waals surface area (Å²) >= 11 is 0. The molecule has 32 heavy (non-hydrogen) atoms. The van der Waals surface area contributed by atoms with Crippen LogP contribution in [0.1, 0.15) is 6.42 Å². The second-order valence-electron chi connectivity index (χ2n) is 7.12. The van der Waals surface area contributed by atoms with Gasteiger partial charge in [0.25, 0.3) is 0 Å². The van der Waals surface area contributed by atoms with Crippen molar-refractivity contribution in [2.75, 3.05) is 37.0 Å². The Labute approximate surface area is 184 Å². The van der Waals surface area contributed by atoms with Gasteiger partial charge in [-0.3, -0.25) is 4.79 Å². The lowest BCUT2D eigenvalue weighted by Gasteiger charge is -2.25. The number of halogens is 1. The third-order valence-corrected chi connectivity index (χ3v) is 4.95. The predicted molar refractivity (Wildman–Crippen MR) is 121 cm³/mol. The summed E-state index contributed by atoms with van der Waals surface area (Å²) in [5.41, 5.74) is 0.927. The molecule has 0 unspecified atom stereocenters. The molecular weight excluding hydrogens is 411 g/mol. The molecule has 0 saturated heterocycles. The Morgan fingerprint density at radius 1 is 1.06 bits per heavy atom. The Hall–Kier alpha value is -3.78. The molecule has 164 valence electrons. The molecule has 7 nitrogen and oxygen atoms in total. The molecule has 0 atom stereocenters. The van der Waals surface area contributed by atoms with Crippen LogP contribution in [0.4, 0.5) is 15.9 Å². The predicted octanol–water partition coefficient (Wildman–Crippen LogP) is 4.51. The Morgan fingerprint density at radius 3 is 2.66 bits per heavy atom. The van der Waals surface area contributed by atoms with Gasteiger partial charge >= 0.3 is 0 Å². The maximum atomic E-state index is 13.9. The van der Waals surface area contributed by atoms with Gasteiger partial charge in [0.1, 0.15) is 11.6 Å². The van der Waals surface area contributed by atoms with Crippen molar-refractivity contribution in [3.63, 3.8) is 0 Å². The monoisotopic (exact) mass is 434 g/mol. The number of aromatic nitrogens is 2.